The molecule has 7 heteroatoms. The van der Waals surface area contributed by atoms with Crippen molar-refractivity contribution in [1.82, 2.24) is 5.32 Å². The Labute approximate surface area is 158 Å². The Morgan fingerprint density at radius 1 is 1.11 bits per heavy atom. The lowest BCUT2D eigenvalue weighted by Gasteiger charge is -2.16. The first-order chi connectivity index (χ1) is 12.7. The van der Waals surface area contributed by atoms with Gasteiger partial charge in [-0.1, -0.05) is 13.8 Å². The number of phenols is 1. The molecule has 0 saturated heterocycles. The normalized spacial score (nSPS) is 10.7. The fraction of sp³-hybridized carbons (Fsp3) is 0.300. The molecule has 2 aromatic rings. The van der Waals surface area contributed by atoms with Crippen LogP contribution in [-0.2, 0) is 16.1 Å². The highest BCUT2D eigenvalue weighted by atomic mass is 16.5. The van der Waals surface area contributed by atoms with Gasteiger partial charge in [0.1, 0.15) is 17.2 Å². The standard InChI is InChI=1S/C20H24N2O5/c1-11(2)21-10-14-9-16(5-6-17(14)23)27-18-12(3)7-15(8-13(18)4)22-19(24)20(25)26/h5-9,11,21,23H,10H2,1-4H3,(H,22,24)(H,25,26). The van der Waals surface area contributed by atoms with E-state index in [4.69, 9.17) is 9.84 Å². The lowest BCUT2D eigenvalue weighted by Crippen LogP contribution is -2.22. The molecule has 2 aromatic carbocycles. The molecule has 0 spiro atoms. The highest BCUT2D eigenvalue weighted by Gasteiger charge is 2.14. The third-order valence-corrected chi connectivity index (χ3v) is 3.88. The Bertz CT molecular complexity index is 838. The Morgan fingerprint density at radius 3 is 2.30 bits per heavy atom. The molecule has 7 nitrogen and oxygen atoms in total. The fourth-order valence-corrected chi connectivity index (χ4v) is 2.57. The van der Waals surface area contributed by atoms with E-state index in [2.05, 4.69) is 10.6 Å². The van der Waals surface area contributed by atoms with E-state index in [-0.39, 0.29) is 11.8 Å². The Morgan fingerprint density at radius 2 is 1.74 bits per heavy atom. The summed E-state index contributed by atoms with van der Waals surface area (Å²) in [6.45, 7) is 8.17. The molecule has 0 unspecified atom stereocenters. The van der Waals surface area contributed by atoms with Crippen LogP contribution in [0.1, 0.15) is 30.5 Å². The number of hydrogen-bond donors (Lipinski definition) is 4. The van der Waals surface area contributed by atoms with Crippen LogP contribution in [-0.4, -0.2) is 28.1 Å². The van der Waals surface area contributed by atoms with Gasteiger partial charge < -0.3 is 25.6 Å². The molecule has 4 N–H and O–H groups in total. The number of benzene rings is 2. The molecule has 0 aliphatic carbocycles. The van der Waals surface area contributed by atoms with Crippen molar-refractivity contribution in [3.63, 3.8) is 0 Å². The summed E-state index contributed by atoms with van der Waals surface area (Å²) < 4.78 is 5.98. The minimum Gasteiger partial charge on any atom is -0.508 e. The van der Waals surface area contributed by atoms with Crippen molar-refractivity contribution < 1.29 is 24.5 Å². The number of carbonyl (C=O) groups excluding carboxylic acids is 1. The average Bonchev–Trinajstić information content (AvgIpc) is 2.58. The highest BCUT2D eigenvalue weighted by molar-refractivity contribution is 6.36. The van der Waals surface area contributed by atoms with Gasteiger partial charge in [-0.15, -0.1) is 0 Å². The molecule has 0 fully saturated rings. The van der Waals surface area contributed by atoms with Crippen molar-refractivity contribution in [2.75, 3.05) is 5.32 Å². The van der Waals surface area contributed by atoms with E-state index in [1.165, 1.54) is 0 Å². The van der Waals surface area contributed by atoms with E-state index in [1.807, 2.05) is 13.8 Å². The van der Waals surface area contributed by atoms with Gasteiger partial charge >= 0.3 is 11.9 Å². The van der Waals surface area contributed by atoms with E-state index in [0.29, 0.717) is 23.7 Å². The van der Waals surface area contributed by atoms with Crippen LogP contribution in [0.5, 0.6) is 17.2 Å². The van der Waals surface area contributed by atoms with Crippen molar-refractivity contribution in [3.05, 3.63) is 47.0 Å². The molecular formula is C20H24N2O5. The molecule has 0 aliphatic rings. The SMILES string of the molecule is Cc1cc(NC(=O)C(=O)O)cc(C)c1Oc1ccc(O)c(CNC(C)C)c1. The molecule has 2 rings (SSSR count). The minimum absolute atomic E-state index is 0.190. The number of aliphatic carboxylic acids is 1. The number of carboxylic acids is 1. The predicted octanol–water partition coefficient (Wildman–Crippen LogP) is 3.32. The molecule has 27 heavy (non-hydrogen) atoms. The van der Waals surface area contributed by atoms with Crippen LogP contribution in [0.3, 0.4) is 0 Å². The maximum atomic E-state index is 11.3. The van der Waals surface area contributed by atoms with Crippen LogP contribution < -0.4 is 15.4 Å². The smallest absolute Gasteiger partial charge is 0.394 e. The summed E-state index contributed by atoms with van der Waals surface area (Å²) in [5.74, 6) is -1.27. The number of carbonyl (C=O) groups is 2. The summed E-state index contributed by atoms with van der Waals surface area (Å²) in [6, 6.07) is 8.60. The van der Waals surface area contributed by atoms with Crippen LogP contribution in [0.2, 0.25) is 0 Å². The number of phenolic OH excluding ortho intramolecular Hbond substituents is 1. The van der Waals surface area contributed by atoms with Gasteiger partial charge in [-0.25, -0.2) is 4.79 Å². The second kappa shape index (κ2) is 8.55. The number of rotatable bonds is 6. The van der Waals surface area contributed by atoms with Crippen molar-refractivity contribution in [2.24, 2.45) is 0 Å². The van der Waals surface area contributed by atoms with Gasteiger partial charge in [-0.3, -0.25) is 4.79 Å². The predicted molar refractivity (Wildman–Crippen MR) is 102 cm³/mol. The average molecular weight is 372 g/mol. The first-order valence-corrected chi connectivity index (χ1v) is 8.56. The van der Waals surface area contributed by atoms with Crippen molar-refractivity contribution in [2.45, 2.75) is 40.3 Å². The Balaban J connectivity index is 2.23. The van der Waals surface area contributed by atoms with Crippen molar-refractivity contribution in [1.29, 1.82) is 0 Å². The number of nitrogens with one attached hydrogen (secondary N) is 2. The van der Waals surface area contributed by atoms with Crippen LogP contribution >= 0.6 is 0 Å². The van der Waals surface area contributed by atoms with E-state index < -0.39 is 11.9 Å². The van der Waals surface area contributed by atoms with Gasteiger partial charge in [0, 0.05) is 23.8 Å². The second-order valence-electron chi connectivity index (χ2n) is 6.63. The second-order valence-corrected chi connectivity index (χ2v) is 6.63. The third-order valence-electron chi connectivity index (χ3n) is 3.88. The topological polar surface area (TPSA) is 108 Å². The lowest BCUT2D eigenvalue weighted by atomic mass is 10.1. The van der Waals surface area contributed by atoms with E-state index in [9.17, 15) is 14.7 Å². The number of anilines is 1. The van der Waals surface area contributed by atoms with Crippen LogP contribution in [0.4, 0.5) is 5.69 Å². The van der Waals surface area contributed by atoms with E-state index >= 15 is 0 Å². The number of ether oxygens (including phenoxy) is 1. The molecule has 144 valence electrons. The molecule has 0 saturated carbocycles. The zero-order valence-electron chi connectivity index (χ0n) is 15.8. The number of amides is 1. The van der Waals surface area contributed by atoms with Gasteiger partial charge in [-0.05, 0) is 55.3 Å². The van der Waals surface area contributed by atoms with Crippen LogP contribution in [0.15, 0.2) is 30.3 Å². The monoisotopic (exact) mass is 372 g/mol. The number of aromatic hydroxyl groups is 1. The zero-order chi connectivity index (χ0) is 20.1. The molecular weight excluding hydrogens is 348 g/mol. The van der Waals surface area contributed by atoms with Gasteiger partial charge in [0.2, 0.25) is 0 Å². The number of carboxylic acid groups (broad SMARTS) is 1. The van der Waals surface area contributed by atoms with Crippen LogP contribution in [0, 0.1) is 13.8 Å². The Kier molecular flexibility index (Phi) is 6.41. The summed E-state index contributed by atoms with van der Waals surface area (Å²) in [4.78, 5) is 22.0. The minimum atomic E-state index is -1.54. The molecule has 0 radical (unpaired) electrons. The first kappa shape index (κ1) is 20.3. The maximum Gasteiger partial charge on any atom is 0.394 e. The molecule has 1 amide bonds. The quantitative estimate of drug-likeness (QED) is 0.580. The fourth-order valence-electron chi connectivity index (χ4n) is 2.57. The third kappa shape index (κ3) is 5.46. The largest absolute Gasteiger partial charge is 0.508 e. The summed E-state index contributed by atoms with van der Waals surface area (Å²) in [7, 11) is 0. The van der Waals surface area contributed by atoms with Crippen molar-refractivity contribution >= 4 is 17.6 Å². The summed E-state index contributed by atoms with van der Waals surface area (Å²) in [5, 5.41) is 24.3. The number of aryl methyl sites for hydroxylation is 2. The zero-order valence-corrected chi connectivity index (χ0v) is 15.8. The summed E-state index contributed by atoms with van der Waals surface area (Å²) in [6.07, 6.45) is 0. The molecule has 0 atom stereocenters. The number of hydrogen-bond acceptors (Lipinski definition) is 5. The van der Waals surface area contributed by atoms with E-state index in [1.54, 1.807) is 44.2 Å². The first-order valence-electron chi connectivity index (χ1n) is 8.56. The Hall–Kier alpha value is -3.06. The summed E-state index contributed by atoms with van der Waals surface area (Å²) in [5.41, 5.74) is 2.59. The molecule has 0 aliphatic heterocycles. The van der Waals surface area contributed by atoms with Gasteiger partial charge in [-0.2, -0.15) is 0 Å². The van der Waals surface area contributed by atoms with Crippen molar-refractivity contribution in [3.8, 4) is 17.2 Å². The van der Waals surface area contributed by atoms with Gasteiger partial charge in [0.15, 0.2) is 0 Å². The van der Waals surface area contributed by atoms with E-state index in [0.717, 1.165) is 16.7 Å². The molecule has 0 heterocycles. The highest BCUT2D eigenvalue weighted by Crippen LogP contribution is 2.33. The van der Waals surface area contributed by atoms with Gasteiger partial charge in [0.25, 0.3) is 0 Å². The molecule has 0 bridgehead atoms. The summed E-state index contributed by atoms with van der Waals surface area (Å²) >= 11 is 0. The lowest BCUT2D eigenvalue weighted by molar-refractivity contribution is -0.147. The molecule has 0 aromatic heterocycles. The van der Waals surface area contributed by atoms with Gasteiger partial charge in [0.05, 0.1) is 0 Å². The van der Waals surface area contributed by atoms with Crippen LogP contribution in [0.25, 0.3) is 0 Å². The maximum absolute atomic E-state index is 11.3.